The molecule has 132 valence electrons. The Bertz CT molecular complexity index is 886. The summed E-state index contributed by atoms with van der Waals surface area (Å²) in [6, 6.07) is 23.7. The van der Waals surface area contributed by atoms with Gasteiger partial charge in [-0.15, -0.1) is 0 Å². The topological polar surface area (TPSA) is 55.1 Å². The second kappa shape index (κ2) is 7.87. The Hall–Kier alpha value is -3.07. The molecule has 0 spiro atoms. The van der Waals surface area contributed by atoms with Crippen molar-refractivity contribution < 1.29 is 4.79 Å². The molecule has 3 aromatic carbocycles. The van der Waals surface area contributed by atoms with Gasteiger partial charge < -0.3 is 11.1 Å². The minimum atomic E-state index is -0.168. The lowest BCUT2D eigenvalue weighted by molar-refractivity contribution is -0.120. The first-order valence-corrected chi connectivity index (χ1v) is 8.79. The normalized spacial score (nSPS) is 11.8. The Morgan fingerprint density at radius 3 is 2.31 bits per heavy atom. The van der Waals surface area contributed by atoms with E-state index in [0.29, 0.717) is 12.1 Å². The maximum absolute atomic E-state index is 12.7. The molecule has 0 saturated carbocycles. The molecular formula is C23H24N2O. The molecule has 0 heterocycles. The summed E-state index contributed by atoms with van der Waals surface area (Å²) < 4.78 is 0. The van der Waals surface area contributed by atoms with Gasteiger partial charge in [0.1, 0.15) is 0 Å². The fourth-order valence-electron chi connectivity index (χ4n) is 3.17. The molecule has 0 aromatic heterocycles. The minimum absolute atomic E-state index is 0.0106. The van der Waals surface area contributed by atoms with Crippen molar-refractivity contribution in [3.63, 3.8) is 0 Å². The van der Waals surface area contributed by atoms with Gasteiger partial charge in [0.15, 0.2) is 0 Å². The molecule has 3 nitrogen and oxygen atoms in total. The molecule has 1 unspecified atom stereocenters. The first-order valence-electron chi connectivity index (χ1n) is 8.79. The summed E-state index contributed by atoms with van der Waals surface area (Å²) in [5.74, 6) is -0.0106. The molecule has 0 saturated heterocycles. The van der Waals surface area contributed by atoms with Crippen molar-refractivity contribution >= 4 is 11.6 Å². The van der Waals surface area contributed by atoms with Crippen molar-refractivity contribution in [2.45, 2.75) is 26.3 Å². The average Bonchev–Trinajstić information content (AvgIpc) is 2.63. The average molecular weight is 344 g/mol. The largest absolute Gasteiger partial charge is 0.399 e. The van der Waals surface area contributed by atoms with Crippen molar-refractivity contribution in [3.8, 4) is 0 Å². The highest BCUT2D eigenvalue weighted by Gasteiger charge is 2.18. The van der Waals surface area contributed by atoms with Gasteiger partial charge in [-0.05, 0) is 48.2 Å². The van der Waals surface area contributed by atoms with Crippen LogP contribution in [0.2, 0.25) is 0 Å². The number of hydrogen-bond donors (Lipinski definition) is 2. The van der Waals surface area contributed by atoms with E-state index in [9.17, 15) is 4.79 Å². The van der Waals surface area contributed by atoms with E-state index in [2.05, 4.69) is 37.4 Å². The second-order valence-electron chi connectivity index (χ2n) is 6.69. The third kappa shape index (κ3) is 4.31. The van der Waals surface area contributed by atoms with E-state index in [1.807, 2.05) is 54.6 Å². The second-order valence-corrected chi connectivity index (χ2v) is 6.69. The number of nitrogens with two attached hydrogens (primary N) is 1. The predicted molar refractivity (Wildman–Crippen MR) is 107 cm³/mol. The van der Waals surface area contributed by atoms with Gasteiger partial charge in [-0.1, -0.05) is 66.2 Å². The van der Waals surface area contributed by atoms with Crippen LogP contribution >= 0.6 is 0 Å². The van der Waals surface area contributed by atoms with E-state index >= 15 is 0 Å². The van der Waals surface area contributed by atoms with E-state index in [1.165, 1.54) is 11.1 Å². The van der Waals surface area contributed by atoms with Crippen LogP contribution in [0.25, 0.3) is 0 Å². The summed E-state index contributed by atoms with van der Waals surface area (Å²) in [4.78, 5) is 12.7. The quantitative estimate of drug-likeness (QED) is 0.677. The molecular weight excluding hydrogens is 320 g/mol. The summed E-state index contributed by atoms with van der Waals surface area (Å²) >= 11 is 0. The van der Waals surface area contributed by atoms with Crippen molar-refractivity contribution in [1.29, 1.82) is 0 Å². The number of nitrogens with one attached hydrogen (secondary N) is 1. The van der Waals surface area contributed by atoms with Gasteiger partial charge in [-0.2, -0.15) is 0 Å². The molecule has 0 fully saturated rings. The number of anilines is 1. The van der Waals surface area contributed by atoms with Crippen molar-refractivity contribution in [1.82, 2.24) is 5.32 Å². The van der Waals surface area contributed by atoms with Gasteiger partial charge in [0, 0.05) is 5.69 Å². The highest BCUT2D eigenvalue weighted by atomic mass is 16.1. The van der Waals surface area contributed by atoms with Crippen LogP contribution in [0.1, 0.15) is 33.9 Å². The maximum atomic E-state index is 12.7. The lowest BCUT2D eigenvalue weighted by Crippen LogP contribution is -2.31. The van der Waals surface area contributed by atoms with Crippen LogP contribution in [-0.4, -0.2) is 5.91 Å². The fourth-order valence-corrected chi connectivity index (χ4v) is 3.17. The number of rotatable bonds is 5. The molecule has 1 amide bonds. The van der Waals surface area contributed by atoms with E-state index < -0.39 is 0 Å². The Morgan fingerprint density at radius 2 is 1.65 bits per heavy atom. The Kier molecular flexibility index (Phi) is 5.37. The SMILES string of the molecule is Cc1ccc(C(NC(=O)Cc2ccc(N)cc2)c2ccccc2)c(C)c1. The van der Waals surface area contributed by atoms with E-state index in [4.69, 9.17) is 5.73 Å². The molecule has 3 rings (SSSR count). The molecule has 26 heavy (non-hydrogen) atoms. The molecule has 0 aliphatic heterocycles. The standard InChI is InChI=1S/C23H24N2O/c1-16-8-13-21(17(2)14-16)23(19-6-4-3-5-7-19)25-22(26)15-18-9-11-20(24)12-10-18/h3-14,23H,15,24H2,1-2H3,(H,25,26). The maximum Gasteiger partial charge on any atom is 0.225 e. The van der Waals surface area contributed by atoms with Gasteiger partial charge in [0.2, 0.25) is 5.91 Å². The number of nitrogen functional groups attached to an aromatic ring is 1. The van der Waals surface area contributed by atoms with Crippen molar-refractivity contribution in [2.24, 2.45) is 0 Å². The van der Waals surface area contributed by atoms with Gasteiger partial charge in [0.25, 0.3) is 0 Å². The summed E-state index contributed by atoms with van der Waals surface area (Å²) in [7, 11) is 0. The fraction of sp³-hybridized carbons (Fsp3) is 0.174. The number of hydrogen-bond acceptors (Lipinski definition) is 2. The van der Waals surface area contributed by atoms with Crippen LogP contribution in [0.4, 0.5) is 5.69 Å². The molecule has 0 aliphatic rings. The number of benzene rings is 3. The molecule has 3 aromatic rings. The van der Waals surface area contributed by atoms with Crippen LogP contribution in [-0.2, 0) is 11.2 Å². The van der Waals surface area contributed by atoms with Gasteiger partial charge in [-0.3, -0.25) is 4.79 Å². The van der Waals surface area contributed by atoms with Gasteiger partial charge in [-0.25, -0.2) is 0 Å². The number of aryl methyl sites for hydroxylation is 2. The monoisotopic (exact) mass is 344 g/mol. The lowest BCUT2D eigenvalue weighted by atomic mass is 9.93. The summed E-state index contributed by atoms with van der Waals surface area (Å²) in [6.07, 6.45) is 0.328. The summed E-state index contributed by atoms with van der Waals surface area (Å²) in [6.45, 7) is 4.17. The summed E-state index contributed by atoms with van der Waals surface area (Å²) in [5, 5.41) is 3.20. The first-order chi connectivity index (χ1) is 12.5. The minimum Gasteiger partial charge on any atom is -0.399 e. The van der Waals surface area contributed by atoms with E-state index in [0.717, 1.165) is 16.7 Å². The molecule has 1 atom stereocenters. The Morgan fingerprint density at radius 1 is 0.962 bits per heavy atom. The highest BCUT2D eigenvalue weighted by Crippen LogP contribution is 2.26. The zero-order valence-electron chi connectivity index (χ0n) is 15.2. The zero-order chi connectivity index (χ0) is 18.5. The molecule has 0 bridgehead atoms. The molecule has 0 aliphatic carbocycles. The molecule has 3 heteroatoms. The Labute approximate surface area is 154 Å². The van der Waals surface area contributed by atoms with Gasteiger partial charge >= 0.3 is 0 Å². The predicted octanol–water partition coefficient (Wildman–Crippen LogP) is 4.33. The van der Waals surface area contributed by atoms with Crippen LogP contribution in [0, 0.1) is 13.8 Å². The zero-order valence-corrected chi connectivity index (χ0v) is 15.2. The number of carbonyl (C=O) groups is 1. The molecule has 3 N–H and O–H groups in total. The number of amides is 1. The van der Waals surface area contributed by atoms with Crippen LogP contribution in [0.3, 0.4) is 0 Å². The third-order valence-electron chi connectivity index (χ3n) is 4.52. The lowest BCUT2D eigenvalue weighted by Gasteiger charge is -2.22. The van der Waals surface area contributed by atoms with Crippen molar-refractivity contribution in [2.75, 3.05) is 5.73 Å². The molecule has 0 radical (unpaired) electrons. The first kappa shape index (κ1) is 17.7. The van der Waals surface area contributed by atoms with E-state index in [-0.39, 0.29) is 11.9 Å². The van der Waals surface area contributed by atoms with Gasteiger partial charge in [0.05, 0.1) is 12.5 Å². The third-order valence-corrected chi connectivity index (χ3v) is 4.52. The van der Waals surface area contributed by atoms with Crippen LogP contribution in [0.15, 0.2) is 72.8 Å². The van der Waals surface area contributed by atoms with E-state index in [1.54, 1.807) is 0 Å². The van der Waals surface area contributed by atoms with Crippen LogP contribution < -0.4 is 11.1 Å². The Balaban J connectivity index is 1.86. The highest BCUT2D eigenvalue weighted by molar-refractivity contribution is 5.79. The smallest absolute Gasteiger partial charge is 0.225 e. The van der Waals surface area contributed by atoms with Crippen molar-refractivity contribution in [3.05, 3.63) is 101 Å². The summed E-state index contributed by atoms with van der Waals surface area (Å²) in [5.41, 5.74) is 11.9. The number of carbonyl (C=O) groups excluding carboxylic acids is 1. The van der Waals surface area contributed by atoms with Crippen LogP contribution in [0.5, 0.6) is 0 Å².